The molecule has 0 saturated heterocycles. The molecule has 0 saturated carbocycles. The van der Waals surface area contributed by atoms with Gasteiger partial charge in [-0.15, -0.1) is 0 Å². The molecule has 3 heteroatoms. The monoisotopic (exact) mass is 257 g/mol. The largest absolute Gasteiger partial charge is 0.494 e. The van der Waals surface area contributed by atoms with E-state index in [0.29, 0.717) is 6.61 Å². The van der Waals surface area contributed by atoms with E-state index in [9.17, 15) is 0 Å². The molecule has 0 amide bonds. The number of benzene rings is 2. The van der Waals surface area contributed by atoms with Gasteiger partial charge in [-0.25, -0.2) is 0 Å². The Kier molecular flexibility index (Phi) is 4.42. The molecule has 0 radical (unpaired) electrons. The number of hydrogen-bond acceptors (Lipinski definition) is 3. The normalized spacial score (nSPS) is 11.9. The summed E-state index contributed by atoms with van der Waals surface area (Å²) < 4.78 is 11.1. The maximum atomic E-state index is 5.81. The molecule has 19 heavy (non-hydrogen) atoms. The van der Waals surface area contributed by atoms with Crippen LogP contribution in [0.2, 0.25) is 0 Å². The standard InChI is InChI=1S/C16H19NO2/c1-3-18-14-8-10-16(11-9-14)19-15-6-4-13(5-7-15)12(2)17/h4-12H,3,17H2,1-2H3/t12-/m1/s1. The van der Waals surface area contributed by atoms with Crippen molar-refractivity contribution in [3.8, 4) is 17.2 Å². The van der Waals surface area contributed by atoms with E-state index < -0.39 is 0 Å². The summed E-state index contributed by atoms with van der Waals surface area (Å²) in [6.07, 6.45) is 0. The third-order valence-corrected chi connectivity index (χ3v) is 2.78. The van der Waals surface area contributed by atoms with Gasteiger partial charge in [0, 0.05) is 6.04 Å². The van der Waals surface area contributed by atoms with E-state index in [1.165, 1.54) is 0 Å². The summed E-state index contributed by atoms with van der Waals surface area (Å²) in [6.45, 7) is 4.59. The van der Waals surface area contributed by atoms with Gasteiger partial charge in [-0.1, -0.05) is 12.1 Å². The molecule has 0 bridgehead atoms. The maximum absolute atomic E-state index is 5.81. The third kappa shape index (κ3) is 3.73. The zero-order valence-electron chi connectivity index (χ0n) is 11.3. The van der Waals surface area contributed by atoms with Crippen LogP contribution >= 0.6 is 0 Å². The van der Waals surface area contributed by atoms with Gasteiger partial charge in [0.2, 0.25) is 0 Å². The lowest BCUT2D eigenvalue weighted by atomic mass is 10.1. The van der Waals surface area contributed by atoms with Crippen molar-refractivity contribution in [3.63, 3.8) is 0 Å². The van der Waals surface area contributed by atoms with Gasteiger partial charge in [0.1, 0.15) is 17.2 Å². The first kappa shape index (κ1) is 13.4. The Morgan fingerprint density at radius 3 is 1.84 bits per heavy atom. The molecule has 2 aromatic rings. The summed E-state index contributed by atoms with van der Waals surface area (Å²) in [5.41, 5.74) is 6.90. The predicted octanol–water partition coefficient (Wildman–Crippen LogP) is 3.90. The molecule has 0 aliphatic heterocycles. The van der Waals surface area contributed by atoms with Crippen LogP contribution in [0.3, 0.4) is 0 Å². The molecule has 0 unspecified atom stereocenters. The summed E-state index contributed by atoms with van der Waals surface area (Å²) in [5, 5.41) is 0. The van der Waals surface area contributed by atoms with E-state index in [-0.39, 0.29) is 6.04 Å². The summed E-state index contributed by atoms with van der Waals surface area (Å²) in [5.74, 6) is 2.44. The van der Waals surface area contributed by atoms with Gasteiger partial charge in [-0.05, 0) is 55.8 Å². The lowest BCUT2D eigenvalue weighted by Gasteiger charge is -2.09. The summed E-state index contributed by atoms with van der Waals surface area (Å²) in [6, 6.07) is 15.4. The van der Waals surface area contributed by atoms with Gasteiger partial charge < -0.3 is 15.2 Å². The van der Waals surface area contributed by atoms with Crippen LogP contribution in [0.15, 0.2) is 48.5 Å². The van der Waals surface area contributed by atoms with Crippen molar-refractivity contribution in [2.45, 2.75) is 19.9 Å². The highest BCUT2D eigenvalue weighted by molar-refractivity contribution is 5.36. The SMILES string of the molecule is CCOc1ccc(Oc2ccc([C@@H](C)N)cc2)cc1. The van der Waals surface area contributed by atoms with Crippen LogP contribution < -0.4 is 15.2 Å². The second-order valence-electron chi connectivity index (χ2n) is 4.36. The summed E-state index contributed by atoms with van der Waals surface area (Å²) in [4.78, 5) is 0. The first-order valence-electron chi connectivity index (χ1n) is 6.45. The van der Waals surface area contributed by atoms with Gasteiger partial charge in [0.25, 0.3) is 0 Å². The van der Waals surface area contributed by atoms with Crippen LogP contribution in [-0.4, -0.2) is 6.61 Å². The van der Waals surface area contributed by atoms with Crippen LogP contribution in [0.1, 0.15) is 25.5 Å². The van der Waals surface area contributed by atoms with E-state index in [1.54, 1.807) is 0 Å². The molecule has 2 N–H and O–H groups in total. The van der Waals surface area contributed by atoms with Crippen molar-refractivity contribution >= 4 is 0 Å². The van der Waals surface area contributed by atoms with Gasteiger partial charge >= 0.3 is 0 Å². The smallest absolute Gasteiger partial charge is 0.127 e. The zero-order valence-corrected chi connectivity index (χ0v) is 11.3. The van der Waals surface area contributed by atoms with Crippen molar-refractivity contribution in [1.29, 1.82) is 0 Å². The Hall–Kier alpha value is -2.00. The molecular formula is C16H19NO2. The van der Waals surface area contributed by atoms with Crippen LogP contribution in [0.4, 0.5) is 0 Å². The van der Waals surface area contributed by atoms with Crippen molar-refractivity contribution in [3.05, 3.63) is 54.1 Å². The minimum atomic E-state index is 0.0412. The minimum Gasteiger partial charge on any atom is -0.494 e. The number of rotatable bonds is 5. The van der Waals surface area contributed by atoms with Crippen LogP contribution in [0, 0.1) is 0 Å². The Bertz CT molecular complexity index is 503. The maximum Gasteiger partial charge on any atom is 0.127 e. The molecule has 0 aromatic heterocycles. The van der Waals surface area contributed by atoms with E-state index in [2.05, 4.69) is 0 Å². The Balaban J connectivity index is 2.04. The average molecular weight is 257 g/mol. The first-order chi connectivity index (χ1) is 9.19. The number of nitrogens with two attached hydrogens (primary N) is 1. The fourth-order valence-electron chi connectivity index (χ4n) is 1.75. The van der Waals surface area contributed by atoms with E-state index in [4.69, 9.17) is 15.2 Å². The number of ether oxygens (including phenoxy) is 2. The van der Waals surface area contributed by atoms with Crippen molar-refractivity contribution in [2.24, 2.45) is 5.73 Å². The molecule has 0 aliphatic carbocycles. The zero-order chi connectivity index (χ0) is 13.7. The fourth-order valence-corrected chi connectivity index (χ4v) is 1.75. The van der Waals surface area contributed by atoms with E-state index in [0.717, 1.165) is 22.8 Å². The van der Waals surface area contributed by atoms with Crippen LogP contribution in [0.5, 0.6) is 17.2 Å². The quantitative estimate of drug-likeness (QED) is 0.883. The van der Waals surface area contributed by atoms with Gasteiger partial charge in [-0.3, -0.25) is 0 Å². The Labute approximate surface area is 114 Å². The second-order valence-corrected chi connectivity index (χ2v) is 4.36. The van der Waals surface area contributed by atoms with Crippen LogP contribution in [0.25, 0.3) is 0 Å². The van der Waals surface area contributed by atoms with Crippen molar-refractivity contribution < 1.29 is 9.47 Å². The lowest BCUT2D eigenvalue weighted by molar-refractivity contribution is 0.339. The minimum absolute atomic E-state index is 0.0412. The van der Waals surface area contributed by atoms with Crippen molar-refractivity contribution in [1.82, 2.24) is 0 Å². The number of hydrogen-bond donors (Lipinski definition) is 1. The first-order valence-corrected chi connectivity index (χ1v) is 6.45. The molecule has 0 aliphatic rings. The molecule has 0 heterocycles. The molecule has 2 rings (SSSR count). The van der Waals surface area contributed by atoms with E-state index >= 15 is 0 Å². The Morgan fingerprint density at radius 1 is 0.895 bits per heavy atom. The molecule has 0 fully saturated rings. The highest BCUT2D eigenvalue weighted by Gasteiger charge is 2.01. The molecule has 0 spiro atoms. The van der Waals surface area contributed by atoms with E-state index in [1.807, 2.05) is 62.4 Å². The Morgan fingerprint density at radius 2 is 1.37 bits per heavy atom. The second kappa shape index (κ2) is 6.25. The molecule has 1 atom stereocenters. The predicted molar refractivity (Wildman–Crippen MR) is 76.7 cm³/mol. The highest BCUT2D eigenvalue weighted by atomic mass is 16.5. The highest BCUT2D eigenvalue weighted by Crippen LogP contribution is 2.24. The molecule has 2 aromatic carbocycles. The molecular weight excluding hydrogens is 238 g/mol. The fraction of sp³-hybridized carbons (Fsp3) is 0.250. The summed E-state index contributed by atoms with van der Waals surface area (Å²) >= 11 is 0. The topological polar surface area (TPSA) is 44.5 Å². The van der Waals surface area contributed by atoms with Crippen molar-refractivity contribution in [2.75, 3.05) is 6.61 Å². The van der Waals surface area contributed by atoms with Crippen LogP contribution in [-0.2, 0) is 0 Å². The molecule has 3 nitrogen and oxygen atoms in total. The lowest BCUT2D eigenvalue weighted by Crippen LogP contribution is -2.04. The van der Waals surface area contributed by atoms with Gasteiger partial charge in [0.15, 0.2) is 0 Å². The van der Waals surface area contributed by atoms with Gasteiger partial charge in [-0.2, -0.15) is 0 Å². The van der Waals surface area contributed by atoms with Gasteiger partial charge in [0.05, 0.1) is 6.61 Å². The molecule has 100 valence electrons. The third-order valence-electron chi connectivity index (χ3n) is 2.78. The summed E-state index contributed by atoms with van der Waals surface area (Å²) in [7, 11) is 0. The average Bonchev–Trinajstić information content (AvgIpc) is 2.42.